The first kappa shape index (κ1) is 12.5. The molecule has 1 fully saturated rings. The van der Waals surface area contributed by atoms with Gasteiger partial charge < -0.3 is 20.4 Å². The molecule has 3 rings (SSSR count). The molecule has 1 aromatic rings. The van der Waals surface area contributed by atoms with E-state index in [4.69, 9.17) is 12.2 Å². The zero-order valence-electron chi connectivity index (χ0n) is 10.4. The van der Waals surface area contributed by atoms with Gasteiger partial charge in [0.25, 0.3) is 5.72 Å². The summed E-state index contributed by atoms with van der Waals surface area (Å²) in [6.07, 6.45) is 0.698. The van der Waals surface area contributed by atoms with E-state index in [2.05, 4.69) is 5.32 Å². The van der Waals surface area contributed by atoms with E-state index < -0.39 is 17.2 Å². The third-order valence-electron chi connectivity index (χ3n) is 3.75. The molecule has 3 N–H and O–H groups in total. The van der Waals surface area contributed by atoms with Crippen LogP contribution >= 0.6 is 12.2 Å². The van der Waals surface area contributed by atoms with E-state index in [1.54, 1.807) is 24.3 Å². The summed E-state index contributed by atoms with van der Waals surface area (Å²) in [6.45, 7) is 2.31. The molecule has 0 unspecified atom stereocenters. The lowest BCUT2D eigenvalue weighted by atomic mass is 10.00. The van der Waals surface area contributed by atoms with Gasteiger partial charge in [-0.25, -0.2) is 0 Å². The molecule has 1 heterocycles. The van der Waals surface area contributed by atoms with Gasteiger partial charge in [-0.15, -0.1) is 0 Å². The molecule has 0 radical (unpaired) electrons. The average molecular weight is 278 g/mol. The first-order chi connectivity index (χ1) is 8.96. The lowest BCUT2D eigenvalue weighted by Gasteiger charge is -2.34. The number of aliphatic hydroxyl groups is 2. The van der Waals surface area contributed by atoms with Crippen molar-refractivity contribution in [3.8, 4) is 0 Å². The monoisotopic (exact) mass is 278 g/mol. The highest BCUT2D eigenvalue weighted by Crippen LogP contribution is 2.47. The van der Waals surface area contributed by atoms with Crippen molar-refractivity contribution in [3.05, 3.63) is 35.4 Å². The molecule has 5 nitrogen and oxygen atoms in total. The number of rotatable bonds is 2. The number of nitrogens with zero attached hydrogens (tertiary/aromatic N) is 1. The van der Waals surface area contributed by atoms with Gasteiger partial charge in [0, 0.05) is 17.7 Å². The molecule has 0 spiro atoms. The smallest absolute Gasteiger partial charge is 0.258 e. The SMILES string of the molecule is CCCN1C(=S)N[C@@]2(O)c3ccccc3C(=O)[C@@]12O. The molecule has 0 bridgehead atoms. The van der Waals surface area contributed by atoms with Crippen LogP contribution < -0.4 is 5.32 Å². The number of fused-ring (bicyclic) bond motifs is 3. The predicted octanol–water partition coefficient (Wildman–Crippen LogP) is 0.317. The minimum Gasteiger partial charge on any atom is -0.363 e. The maximum Gasteiger partial charge on any atom is 0.258 e. The van der Waals surface area contributed by atoms with Crippen molar-refractivity contribution >= 4 is 23.1 Å². The number of carbonyl (C=O) groups is 1. The van der Waals surface area contributed by atoms with Crippen LogP contribution in [0.15, 0.2) is 24.3 Å². The van der Waals surface area contributed by atoms with Crippen LogP contribution in [0.3, 0.4) is 0 Å². The Bertz CT molecular complexity index is 591. The second-order valence-electron chi connectivity index (χ2n) is 4.84. The Morgan fingerprint density at radius 3 is 2.74 bits per heavy atom. The second-order valence-corrected chi connectivity index (χ2v) is 5.23. The van der Waals surface area contributed by atoms with Crippen molar-refractivity contribution in [2.45, 2.75) is 24.8 Å². The fraction of sp³-hybridized carbons (Fsp3) is 0.385. The molecule has 100 valence electrons. The van der Waals surface area contributed by atoms with Crippen LogP contribution in [0.1, 0.15) is 29.3 Å². The highest BCUT2D eigenvalue weighted by molar-refractivity contribution is 7.80. The molecule has 0 saturated carbocycles. The van der Waals surface area contributed by atoms with E-state index in [0.717, 1.165) is 0 Å². The quantitative estimate of drug-likeness (QED) is 0.677. The summed E-state index contributed by atoms with van der Waals surface area (Å²) in [4.78, 5) is 13.9. The maximum atomic E-state index is 12.5. The van der Waals surface area contributed by atoms with Crippen molar-refractivity contribution in [2.24, 2.45) is 0 Å². The Morgan fingerprint density at radius 1 is 1.37 bits per heavy atom. The molecule has 0 amide bonds. The van der Waals surface area contributed by atoms with Crippen molar-refractivity contribution < 1.29 is 15.0 Å². The number of ketones is 1. The molecule has 1 aromatic carbocycles. The Hall–Kier alpha value is -1.50. The molecule has 0 aromatic heterocycles. The van der Waals surface area contributed by atoms with E-state index in [1.165, 1.54) is 4.90 Å². The van der Waals surface area contributed by atoms with Gasteiger partial charge in [0.05, 0.1) is 0 Å². The van der Waals surface area contributed by atoms with E-state index in [-0.39, 0.29) is 5.11 Å². The number of hydrogen-bond donors (Lipinski definition) is 3. The molecular formula is C13H14N2O3S. The molecule has 2 aliphatic rings. The van der Waals surface area contributed by atoms with E-state index in [0.29, 0.717) is 24.1 Å². The van der Waals surface area contributed by atoms with Crippen molar-refractivity contribution in [1.82, 2.24) is 10.2 Å². The first-order valence-electron chi connectivity index (χ1n) is 6.15. The number of carbonyl (C=O) groups excluding carboxylic acids is 1. The van der Waals surface area contributed by atoms with E-state index >= 15 is 0 Å². The summed E-state index contributed by atoms with van der Waals surface area (Å²) < 4.78 is 0. The average Bonchev–Trinajstić information content (AvgIpc) is 2.69. The van der Waals surface area contributed by atoms with Crippen LogP contribution in [-0.4, -0.2) is 38.3 Å². The van der Waals surface area contributed by atoms with Crippen LogP contribution in [0.25, 0.3) is 0 Å². The number of hydrogen-bond acceptors (Lipinski definition) is 4. The van der Waals surface area contributed by atoms with Gasteiger partial charge in [-0.05, 0) is 18.6 Å². The van der Waals surface area contributed by atoms with Gasteiger partial charge in [0.2, 0.25) is 11.5 Å². The van der Waals surface area contributed by atoms with Crippen LogP contribution in [0, 0.1) is 0 Å². The minimum absolute atomic E-state index is 0.190. The van der Waals surface area contributed by atoms with Crippen LogP contribution in [-0.2, 0) is 5.72 Å². The fourth-order valence-electron chi connectivity index (χ4n) is 2.87. The molecule has 19 heavy (non-hydrogen) atoms. The largest absolute Gasteiger partial charge is 0.363 e. The Balaban J connectivity index is 2.22. The fourth-order valence-corrected chi connectivity index (χ4v) is 3.24. The molecule has 1 aliphatic carbocycles. The Morgan fingerprint density at radius 2 is 2.05 bits per heavy atom. The van der Waals surface area contributed by atoms with Crippen molar-refractivity contribution in [2.75, 3.05) is 6.54 Å². The van der Waals surface area contributed by atoms with Gasteiger partial charge in [0.1, 0.15) is 0 Å². The lowest BCUT2D eigenvalue weighted by Crippen LogP contribution is -2.59. The lowest BCUT2D eigenvalue weighted by molar-refractivity contribution is -0.163. The van der Waals surface area contributed by atoms with E-state index in [9.17, 15) is 15.0 Å². The second kappa shape index (κ2) is 3.75. The van der Waals surface area contributed by atoms with Crippen molar-refractivity contribution in [1.29, 1.82) is 0 Å². The molecule has 6 heteroatoms. The highest BCUT2D eigenvalue weighted by atomic mass is 32.1. The minimum atomic E-state index is -2.05. The summed E-state index contributed by atoms with van der Waals surface area (Å²) in [5, 5.41) is 24.5. The van der Waals surface area contributed by atoms with Crippen LogP contribution in [0.5, 0.6) is 0 Å². The van der Waals surface area contributed by atoms with Gasteiger partial charge >= 0.3 is 0 Å². The molecule has 1 aliphatic heterocycles. The number of thiocarbonyl (C=S) groups is 1. The summed E-state index contributed by atoms with van der Waals surface area (Å²) in [6, 6.07) is 6.63. The zero-order valence-corrected chi connectivity index (χ0v) is 11.2. The summed E-state index contributed by atoms with van der Waals surface area (Å²) in [5.74, 6) is -0.522. The Labute approximate surface area is 115 Å². The maximum absolute atomic E-state index is 12.5. The topological polar surface area (TPSA) is 72.8 Å². The van der Waals surface area contributed by atoms with Gasteiger partial charge in [-0.2, -0.15) is 0 Å². The van der Waals surface area contributed by atoms with E-state index in [1.807, 2.05) is 6.92 Å². The van der Waals surface area contributed by atoms with Crippen LogP contribution in [0.4, 0.5) is 0 Å². The number of nitrogens with one attached hydrogen (secondary N) is 1. The summed E-state index contributed by atoms with van der Waals surface area (Å²) in [7, 11) is 0. The highest BCUT2D eigenvalue weighted by Gasteiger charge is 2.70. The normalized spacial score (nSPS) is 32.3. The third kappa shape index (κ3) is 1.26. The van der Waals surface area contributed by atoms with Crippen molar-refractivity contribution in [3.63, 3.8) is 0 Å². The van der Waals surface area contributed by atoms with Gasteiger partial charge in [0.15, 0.2) is 5.11 Å². The molecule has 1 saturated heterocycles. The predicted molar refractivity (Wildman–Crippen MR) is 72.3 cm³/mol. The third-order valence-corrected chi connectivity index (χ3v) is 4.08. The standard InChI is InChI=1S/C13H14N2O3S/c1-2-7-15-11(19)14-12(17)9-6-4-3-5-8(9)10(16)13(12,15)18/h3-6,17-18H,2,7H2,1H3,(H,14,19)/t12-,13+/m1/s1. The summed E-state index contributed by atoms with van der Waals surface area (Å²) in [5.41, 5.74) is -3.23. The first-order valence-corrected chi connectivity index (χ1v) is 6.56. The summed E-state index contributed by atoms with van der Waals surface area (Å²) >= 11 is 5.13. The zero-order chi connectivity index (χ0) is 13.8. The number of Topliss-reactive ketones (excluding diaryl/α,β-unsaturated/α-hetero) is 1. The Kier molecular flexibility index (Phi) is 2.47. The molecular weight excluding hydrogens is 264 g/mol. The molecule has 2 atom stereocenters. The van der Waals surface area contributed by atoms with Crippen LogP contribution in [0.2, 0.25) is 0 Å². The number of benzene rings is 1. The van der Waals surface area contributed by atoms with Gasteiger partial charge in [-0.3, -0.25) is 4.79 Å². The van der Waals surface area contributed by atoms with Gasteiger partial charge in [-0.1, -0.05) is 31.2 Å².